The minimum absolute atomic E-state index is 0.279. The van der Waals surface area contributed by atoms with Crippen molar-refractivity contribution in [3.8, 4) is 0 Å². The number of nitrogens with one attached hydrogen (secondary N) is 1. The van der Waals surface area contributed by atoms with Gasteiger partial charge in [0.25, 0.3) is 0 Å². The number of aliphatic hydroxyl groups is 1. The van der Waals surface area contributed by atoms with Gasteiger partial charge in [0.05, 0.1) is 10.7 Å². The molecule has 1 aromatic rings. The third-order valence-electron chi connectivity index (χ3n) is 3.17. The van der Waals surface area contributed by atoms with E-state index in [-0.39, 0.29) is 6.61 Å². The van der Waals surface area contributed by atoms with Crippen LogP contribution in [0.25, 0.3) is 0 Å². The first kappa shape index (κ1) is 16.3. The fourth-order valence-corrected chi connectivity index (χ4v) is 2.48. The molecule has 0 atom stereocenters. The second-order valence-corrected chi connectivity index (χ2v) is 5.14. The largest absolute Gasteiger partial charge is 0.396 e. The van der Waals surface area contributed by atoms with Crippen LogP contribution in [0.5, 0.6) is 0 Å². The molecule has 0 aromatic heterocycles. The smallest absolute Gasteiger partial charge is 0.0642 e. The number of unbranched alkanes of at least 4 members (excludes halogenated alkanes) is 2. The second-order valence-electron chi connectivity index (χ2n) is 4.73. The summed E-state index contributed by atoms with van der Waals surface area (Å²) in [5.74, 6) is 0. The number of benzene rings is 1. The van der Waals surface area contributed by atoms with Crippen molar-refractivity contribution in [2.75, 3.05) is 31.6 Å². The summed E-state index contributed by atoms with van der Waals surface area (Å²) in [5, 5.41) is 12.9. The second kappa shape index (κ2) is 9.18. The van der Waals surface area contributed by atoms with E-state index in [0.717, 1.165) is 49.6 Å². The van der Waals surface area contributed by atoms with E-state index >= 15 is 0 Å². The van der Waals surface area contributed by atoms with Crippen LogP contribution in [0.1, 0.15) is 31.7 Å². The summed E-state index contributed by atoms with van der Waals surface area (Å²) in [4.78, 5) is 2.21. The van der Waals surface area contributed by atoms with E-state index < -0.39 is 0 Å². The molecule has 3 nitrogen and oxygen atoms in total. The van der Waals surface area contributed by atoms with Crippen LogP contribution in [0.15, 0.2) is 18.2 Å². The fourth-order valence-electron chi connectivity index (χ4n) is 2.14. The average molecular weight is 285 g/mol. The summed E-state index contributed by atoms with van der Waals surface area (Å²) < 4.78 is 0. The van der Waals surface area contributed by atoms with Crippen molar-refractivity contribution in [2.24, 2.45) is 0 Å². The highest BCUT2D eigenvalue weighted by molar-refractivity contribution is 6.33. The lowest BCUT2D eigenvalue weighted by Gasteiger charge is -2.24. The Morgan fingerprint density at radius 3 is 2.74 bits per heavy atom. The molecule has 0 aliphatic heterocycles. The molecule has 2 N–H and O–H groups in total. The molecule has 1 aromatic carbocycles. The van der Waals surface area contributed by atoms with Gasteiger partial charge in [-0.2, -0.15) is 0 Å². The van der Waals surface area contributed by atoms with Crippen LogP contribution >= 0.6 is 11.6 Å². The third kappa shape index (κ3) is 5.39. The lowest BCUT2D eigenvalue weighted by molar-refractivity contribution is 0.283. The van der Waals surface area contributed by atoms with E-state index in [1.165, 1.54) is 5.56 Å². The van der Waals surface area contributed by atoms with Crippen LogP contribution in [-0.4, -0.2) is 31.9 Å². The van der Waals surface area contributed by atoms with Crippen LogP contribution in [0.4, 0.5) is 5.69 Å². The van der Waals surface area contributed by atoms with Gasteiger partial charge in [0, 0.05) is 26.7 Å². The predicted octanol–water partition coefficient (Wildman–Crippen LogP) is 3.05. The maximum absolute atomic E-state index is 8.79. The fraction of sp³-hybridized carbons (Fsp3) is 0.600. The topological polar surface area (TPSA) is 35.5 Å². The van der Waals surface area contributed by atoms with Gasteiger partial charge in [0.1, 0.15) is 0 Å². The van der Waals surface area contributed by atoms with Crippen molar-refractivity contribution < 1.29 is 5.11 Å². The molecule has 0 saturated heterocycles. The Morgan fingerprint density at radius 2 is 2.05 bits per heavy atom. The van der Waals surface area contributed by atoms with Gasteiger partial charge in [-0.1, -0.05) is 30.7 Å². The Hall–Kier alpha value is -0.770. The zero-order valence-corrected chi connectivity index (χ0v) is 12.7. The normalized spacial score (nSPS) is 10.7. The maximum atomic E-state index is 8.79. The summed E-state index contributed by atoms with van der Waals surface area (Å²) >= 11 is 6.33. The van der Waals surface area contributed by atoms with E-state index in [9.17, 15) is 0 Å². The Balaban J connectivity index is 2.67. The number of halogens is 1. The van der Waals surface area contributed by atoms with E-state index in [1.54, 1.807) is 0 Å². The average Bonchev–Trinajstić information content (AvgIpc) is 2.41. The number of aliphatic hydroxyl groups excluding tert-OH is 1. The number of anilines is 1. The van der Waals surface area contributed by atoms with Crippen molar-refractivity contribution in [1.29, 1.82) is 0 Å². The van der Waals surface area contributed by atoms with Gasteiger partial charge in [-0.25, -0.2) is 0 Å². The maximum Gasteiger partial charge on any atom is 0.0642 e. The molecular weight excluding hydrogens is 260 g/mol. The lowest BCUT2D eigenvalue weighted by Crippen LogP contribution is -2.22. The Labute approximate surface area is 121 Å². The van der Waals surface area contributed by atoms with Gasteiger partial charge in [0.15, 0.2) is 0 Å². The summed E-state index contributed by atoms with van der Waals surface area (Å²) in [6, 6.07) is 6.06. The highest BCUT2D eigenvalue weighted by atomic mass is 35.5. The highest BCUT2D eigenvalue weighted by Crippen LogP contribution is 2.29. The van der Waals surface area contributed by atoms with Gasteiger partial charge in [-0.05, 0) is 37.4 Å². The van der Waals surface area contributed by atoms with Gasteiger partial charge >= 0.3 is 0 Å². The van der Waals surface area contributed by atoms with Gasteiger partial charge in [0.2, 0.25) is 0 Å². The first-order chi connectivity index (χ1) is 9.20. The molecule has 4 heteroatoms. The van der Waals surface area contributed by atoms with E-state index in [2.05, 4.69) is 30.3 Å². The monoisotopic (exact) mass is 284 g/mol. The number of nitrogens with zero attached hydrogens (tertiary/aromatic N) is 1. The molecule has 0 spiro atoms. The summed E-state index contributed by atoms with van der Waals surface area (Å²) in [5.41, 5.74) is 2.35. The van der Waals surface area contributed by atoms with Gasteiger partial charge < -0.3 is 15.3 Å². The van der Waals surface area contributed by atoms with E-state index in [4.69, 9.17) is 16.7 Å². The molecule has 108 valence electrons. The first-order valence-electron chi connectivity index (χ1n) is 7.00. The van der Waals surface area contributed by atoms with E-state index in [0.29, 0.717) is 0 Å². The van der Waals surface area contributed by atoms with Gasteiger partial charge in [-0.3, -0.25) is 0 Å². The first-order valence-corrected chi connectivity index (χ1v) is 7.38. The molecule has 0 aliphatic carbocycles. The minimum atomic E-state index is 0.279. The summed E-state index contributed by atoms with van der Waals surface area (Å²) in [6.07, 6.45) is 3.00. The zero-order chi connectivity index (χ0) is 14.1. The molecular formula is C15H25ClN2O. The molecule has 0 aliphatic rings. The standard InChI is InChI=1S/C15H25ClN2O/c1-3-17-12-13-8-7-9-14(16)15(13)18(2)10-5-4-6-11-19/h7-9,17,19H,3-6,10-12H2,1-2H3. The summed E-state index contributed by atoms with van der Waals surface area (Å²) in [6.45, 7) is 5.13. The molecule has 0 amide bonds. The number of hydrogen-bond donors (Lipinski definition) is 2. The molecule has 0 fully saturated rings. The van der Waals surface area contributed by atoms with Crippen molar-refractivity contribution in [3.63, 3.8) is 0 Å². The van der Waals surface area contributed by atoms with Crippen molar-refractivity contribution in [3.05, 3.63) is 28.8 Å². The van der Waals surface area contributed by atoms with Crippen LogP contribution in [0, 0.1) is 0 Å². The van der Waals surface area contributed by atoms with Crippen molar-refractivity contribution in [1.82, 2.24) is 5.32 Å². The highest BCUT2D eigenvalue weighted by Gasteiger charge is 2.11. The predicted molar refractivity (Wildman–Crippen MR) is 83.0 cm³/mol. The molecule has 0 unspecified atom stereocenters. The lowest BCUT2D eigenvalue weighted by atomic mass is 10.1. The Kier molecular flexibility index (Phi) is 7.87. The van der Waals surface area contributed by atoms with Crippen LogP contribution in [0.3, 0.4) is 0 Å². The molecule has 0 radical (unpaired) electrons. The molecule has 0 bridgehead atoms. The molecule has 0 heterocycles. The SMILES string of the molecule is CCNCc1cccc(Cl)c1N(C)CCCCCO. The van der Waals surface area contributed by atoms with Crippen molar-refractivity contribution in [2.45, 2.75) is 32.7 Å². The third-order valence-corrected chi connectivity index (χ3v) is 3.47. The van der Waals surface area contributed by atoms with E-state index in [1.807, 2.05) is 12.1 Å². The Bertz CT molecular complexity index is 371. The molecule has 1 rings (SSSR count). The quantitative estimate of drug-likeness (QED) is 0.684. The van der Waals surface area contributed by atoms with Crippen molar-refractivity contribution >= 4 is 17.3 Å². The number of hydrogen-bond acceptors (Lipinski definition) is 3. The van der Waals surface area contributed by atoms with Gasteiger partial charge in [-0.15, -0.1) is 0 Å². The number of rotatable bonds is 9. The number of para-hydroxylation sites is 1. The molecule has 0 saturated carbocycles. The summed E-state index contributed by atoms with van der Waals surface area (Å²) in [7, 11) is 2.08. The van der Waals surface area contributed by atoms with Crippen LogP contribution in [-0.2, 0) is 6.54 Å². The molecule has 19 heavy (non-hydrogen) atoms. The minimum Gasteiger partial charge on any atom is -0.396 e. The Morgan fingerprint density at radius 1 is 1.26 bits per heavy atom. The van der Waals surface area contributed by atoms with Crippen LogP contribution < -0.4 is 10.2 Å². The van der Waals surface area contributed by atoms with Crippen LogP contribution in [0.2, 0.25) is 5.02 Å². The zero-order valence-electron chi connectivity index (χ0n) is 12.0.